The Kier molecular flexibility index (Phi) is 8.67. The monoisotopic (exact) mass is 269 g/mol. The molecule has 1 aliphatic heterocycles. The Labute approximate surface area is 120 Å². The molecule has 0 aromatic heterocycles. The molecule has 1 aliphatic rings. The van der Waals surface area contributed by atoms with Gasteiger partial charge in [-0.2, -0.15) is 0 Å². The van der Waals surface area contributed by atoms with Crippen molar-refractivity contribution in [3.05, 3.63) is 0 Å². The fourth-order valence-electron chi connectivity index (χ4n) is 3.21. The quantitative estimate of drug-likeness (QED) is 0.471. The molecule has 0 aliphatic carbocycles. The fraction of sp³-hybridized carbons (Fsp3) is 1.00. The van der Waals surface area contributed by atoms with Gasteiger partial charge >= 0.3 is 0 Å². The van der Waals surface area contributed by atoms with Crippen molar-refractivity contribution in [1.82, 2.24) is 10.3 Å². The van der Waals surface area contributed by atoms with Gasteiger partial charge in [0.1, 0.15) is 0 Å². The number of nitrogens with zero attached hydrogens (tertiary/aromatic N) is 1. The zero-order chi connectivity index (χ0) is 14.0. The average molecular weight is 269 g/mol. The molecule has 0 atom stereocenters. The summed E-state index contributed by atoms with van der Waals surface area (Å²) in [6.07, 6.45) is 13.3. The summed E-state index contributed by atoms with van der Waals surface area (Å²) < 4.78 is 0. The van der Waals surface area contributed by atoms with Crippen molar-refractivity contribution in [2.75, 3.05) is 19.6 Å². The average Bonchev–Trinajstić information content (AvgIpc) is 2.43. The molecule has 1 rings (SSSR count). The second-order valence-corrected chi connectivity index (χ2v) is 6.22. The summed E-state index contributed by atoms with van der Waals surface area (Å²) in [5.74, 6) is 6.34. The molecule has 1 fully saturated rings. The van der Waals surface area contributed by atoms with E-state index < -0.39 is 0 Å². The van der Waals surface area contributed by atoms with E-state index in [1.165, 1.54) is 64.2 Å². The minimum Gasteiger partial charge on any atom is -0.314 e. The van der Waals surface area contributed by atoms with Gasteiger partial charge in [0.25, 0.3) is 0 Å². The van der Waals surface area contributed by atoms with Crippen LogP contribution >= 0.6 is 0 Å². The molecule has 3 heteroatoms. The summed E-state index contributed by atoms with van der Waals surface area (Å²) in [5, 5.41) is 5.72. The molecule has 114 valence electrons. The molecule has 1 heterocycles. The van der Waals surface area contributed by atoms with Gasteiger partial charge in [-0.1, -0.05) is 65.2 Å². The van der Waals surface area contributed by atoms with E-state index >= 15 is 0 Å². The van der Waals surface area contributed by atoms with Gasteiger partial charge in [-0.05, 0) is 12.8 Å². The lowest BCUT2D eigenvalue weighted by molar-refractivity contribution is 0.0393. The first-order valence-corrected chi connectivity index (χ1v) is 8.48. The van der Waals surface area contributed by atoms with Gasteiger partial charge in [-0.25, -0.2) is 5.01 Å². The summed E-state index contributed by atoms with van der Waals surface area (Å²) in [5.41, 5.74) is 0.236. The van der Waals surface area contributed by atoms with Crippen LogP contribution in [0.4, 0.5) is 0 Å². The number of hydrazine groups is 1. The topological polar surface area (TPSA) is 41.3 Å². The van der Waals surface area contributed by atoms with Crippen LogP contribution in [0.5, 0.6) is 0 Å². The van der Waals surface area contributed by atoms with Crippen molar-refractivity contribution < 1.29 is 0 Å². The molecule has 0 unspecified atom stereocenters. The molecular formula is C16H35N3. The summed E-state index contributed by atoms with van der Waals surface area (Å²) in [6.45, 7) is 7.68. The van der Waals surface area contributed by atoms with Gasteiger partial charge in [0, 0.05) is 25.2 Å². The minimum absolute atomic E-state index is 0.236. The summed E-state index contributed by atoms with van der Waals surface area (Å²) in [6, 6.07) is 0. The highest BCUT2D eigenvalue weighted by Gasteiger charge is 2.36. The molecular weight excluding hydrogens is 234 g/mol. The van der Waals surface area contributed by atoms with E-state index in [0.29, 0.717) is 0 Å². The third-order valence-electron chi connectivity index (χ3n) is 4.58. The zero-order valence-electron chi connectivity index (χ0n) is 13.2. The van der Waals surface area contributed by atoms with Crippen molar-refractivity contribution in [1.29, 1.82) is 0 Å². The molecule has 0 aromatic carbocycles. The van der Waals surface area contributed by atoms with Crippen molar-refractivity contribution in [2.24, 2.45) is 5.84 Å². The van der Waals surface area contributed by atoms with E-state index in [1.54, 1.807) is 0 Å². The number of nitrogens with one attached hydrogen (secondary N) is 1. The lowest BCUT2D eigenvalue weighted by Gasteiger charge is -2.45. The summed E-state index contributed by atoms with van der Waals surface area (Å²) in [7, 11) is 0. The van der Waals surface area contributed by atoms with Crippen LogP contribution in [-0.2, 0) is 0 Å². The number of nitrogens with two attached hydrogens (primary N) is 1. The maximum atomic E-state index is 6.34. The molecule has 0 saturated carbocycles. The van der Waals surface area contributed by atoms with Crippen LogP contribution in [0.25, 0.3) is 0 Å². The minimum atomic E-state index is 0.236. The smallest absolute Gasteiger partial charge is 0.0476 e. The predicted octanol–water partition coefficient (Wildman–Crippen LogP) is 3.44. The Bertz CT molecular complexity index is 206. The van der Waals surface area contributed by atoms with E-state index in [4.69, 9.17) is 5.84 Å². The standard InChI is InChI=1S/C16H35N3/c1-3-5-7-9-11-16(12-10-8-6-4-2)15-18-13-14-19(16)17/h18H,3-15,17H2,1-2H3. The maximum Gasteiger partial charge on any atom is 0.0476 e. The number of rotatable bonds is 10. The largest absolute Gasteiger partial charge is 0.314 e. The van der Waals surface area contributed by atoms with Crippen LogP contribution in [0.3, 0.4) is 0 Å². The third-order valence-corrected chi connectivity index (χ3v) is 4.58. The van der Waals surface area contributed by atoms with Crippen molar-refractivity contribution in [2.45, 2.75) is 83.6 Å². The lowest BCUT2D eigenvalue weighted by atomic mass is 9.84. The number of hydrogen-bond donors (Lipinski definition) is 2. The molecule has 0 amide bonds. The summed E-state index contributed by atoms with van der Waals surface area (Å²) in [4.78, 5) is 0. The first kappa shape index (κ1) is 16.9. The second kappa shape index (κ2) is 9.73. The number of unbranched alkanes of at least 4 members (excludes halogenated alkanes) is 6. The molecule has 0 bridgehead atoms. The molecule has 0 aromatic rings. The van der Waals surface area contributed by atoms with E-state index in [-0.39, 0.29) is 5.54 Å². The molecule has 3 N–H and O–H groups in total. The third kappa shape index (κ3) is 5.80. The Morgan fingerprint density at radius 2 is 1.53 bits per heavy atom. The number of hydrogen-bond acceptors (Lipinski definition) is 3. The van der Waals surface area contributed by atoms with E-state index in [0.717, 1.165) is 19.6 Å². The van der Waals surface area contributed by atoms with Crippen molar-refractivity contribution in [3.63, 3.8) is 0 Å². The Hall–Kier alpha value is -0.120. The zero-order valence-corrected chi connectivity index (χ0v) is 13.2. The molecule has 0 radical (unpaired) electrons. The predicted molar refractivity (Wildman–Crippen MR) is 84.0 cm³/mol. The van der Waals surface area contributed by atoms with Crippen molar-refractivity contribution in [3.8, 4) is 0 Å². The van der Waals surface area contributed by atoms with Gasteiger partial charge in [-0.3, -0.25) is 5.84 Å². The normalized spacial score (nSPS) is 19.7. The van der Waals surface area contributed by atoms with Gasteiger partial charge in [-0.15, -0.1) is 0 Å². The Balaban J connectivity index is 2.41. The van der Waals surface area contributed by atoms with E-state index in [9.17, 15) is 0 Å². The Morgan fingerprint density at radius 3 is 2.00 bits per heavy atom. The molecule has 19 heavy (non-hydrogen) atoms. The van der Waals surface area contributed by atoms with Crippen LogP contribution in [-0.4, -0.2) is 30.2 Å². The maximum absolute atomic E-state index is 6.34. The van der Waals surface area contributed by atoms with Gasteiger partial charge in [0.15, 0.2) is 0 Å². The molecule has 0 spiro atoms. The second-order valence-electron chi connectivity index (χ2n) is 6.22. The van der Waals surface area contributed by atoms with E-state index in [1.807, 2.05) is 0 Å². The van der Waals surface area contributed by atoms with E-state index in [2.05, 4.69) is 24.2 Å². The van der Waals surface area contributed by atoms with Crippen LogP contribution < -0.4 is 11.2 Å². The van der Waals surface area contributed by atoms with Gasteiger partial charge < -0.3 is 5.32 Å². The van der Waals surface area contributed by atoms with Crippen LogP contribution in [0.15, 0.2) is 0 Å². The first-order valence-electron chi connectivity index (χ1n) is 8.48. The lowest BCUT2D eigenvalue weighted by Crippen LogP contribution is -2.63. The number of piperazine rings is 1. The van der Waals surface area contributed by atoms with Gasteiger partial charge in [0.2, 0.25) is 0 Å². The highest BCUT2D eigenvalue weighted by Crippen LogP contribution is 2.28. The van der Waals surface area contributed by atoms with Crippen molar-refractivity contribution >= 4 is 0 Å². The highest BCUT2D eigenvalue weighted by molar-refractivity contribution is 4.93. The summed E-state index contributed by atoms with van der Waals surface area (Å²) >= 11 is 0. The van der Waals surface area contributed by atoms with Gasteiger partial charge in [0.05, 0.1) is 0 Å². The van der Waals surface area contributed by atoms with Crippen LogP contribution in [0.1, 0.15) is 78.1 Å². The SMILES string of the molecule is CCCCCCC1(CCCCCC)CNCCN1N. The molecule has 3 nitrogen and oxygen atoms in total. The Morgan fingerprint density at radius 1 is 0.947 bits per heavy atom. The van der Waals surface area contributed by atoms with Crippen LogP contribution in [0.2, 0.25) is 0 Å². The fourth-order valence-corrected chi connectivity index (χ4v) is 3.21. The molecule has 1 saturated heterocycles. The first-order chi connectivity index (χ1) is 9.25. The van der Waals surface area contributed by atoms with Crippen LogP contribution in [0, 0.1) is 0 Å². The highest BCUT2D eigenvalue weighted by atomic mass is 15.5.